The molecule has 0 spiro atoms. The lowest BCUT2D eigenvalue weighted by Gasteiger charge is -2.22. The van der Waals surface area contributed by atoms with Crippen LogP contribution < -0.4 is 0 Å². The molecule has 0 bridgehead atoms. The Balaban J connectivity index is 1.62. The number of aliphatic hydroxyl groups is 2. The third kappa shape index (κ3) is 5.76. The van der Waals surface area contributed by atoms with E-state index in [1.165, 1.54) is 6.92 Å². The molecule has 9 heteroatoms. The third-order valence-electron chi connectivity index (χ3n) is 4.62. The summed E-state index contributed by atoms with van der Waals surface area (Å²) in [5, 5.41) is 22.7. The average Bonchev–Trinajstić information content (AvgIpc) is 2.85. The number of benzene rings is 2. The van der Waals surface area contributed by atoms with E-state index in [0.717, 1.165) is 5.56 Å². The van der Waals surface area contributed by atoms with E-state index >= 15 is 0 Å². The van der Waals surface area contributed by atoms with Crippen LogP contribution in [0.3, 0.4) is 0 Å². The van der Waals surface area contributed by atoms with E-state index in [0.29, 0.717) is 25.7 Å². The first-order valence-electron chi connectivity index (χ1n) is 8.83. The summed E-state index contributed by atoms with van der Waals surface area (Å²) in [6, 6.07) is 10.1. The summed E-state index contributed by atoms with van der Waals surface area (Å²) in [6.07, 6.45) is -2.78. The van der Waals surface area contributed by atoms with Crippen LogP contribution in [-0.4, -0.2) is 40.9 Å². The Bertz CT molecular complexity index is 861. The highest BCUT2D eigenvalue weighted by molar-refractivity contribution is 6.35. The Morgan fingerprint density at radius 2 is 1.52 bits per heavy atom. The fourth-order valence-electron chi connectivity index (χ4n) is 3.03. The minimum absolute atomic E-state index is 0.0746. The Morgan fingerprint density at radius 1 is 0.966 bits per heavy atom. The van der Waals surface area contributed by atoms with Crippen LogP contribution in [0, 0.1) is 0 Å². The maximum absolute atomic E-state index is 10.4. The lowest BCUT2D eigenvalue weighted by atomic mass is 10.1. The van der Waals surface area contributed by atoms with Gasteiger partial charge in [-0.3, -0.25) is 0 Å². The predicted octanol–water partition coefficient (Wildman–Crippen LogP) is 4.87. The van der Waals surface area contributed by atoms with Gasteiger partial charge in [-0.1, -0.05) is 58.5 Å². The lowest BCUT2D eigenvalue weighted by molar-refractivity contribution is -0.219. The Labute approximate surface area is 189 Å². The van der Waals surface area contributed by atoms with Gasteiger partial charge in [0.1, 0.15) is 18.3 Å². The van der Waals surface area contributed by atoms with Gasteiger partial charge in [-0.05, 0) is 42.3 Å². The van der Waals surface area contributed by atoms with Crippen LogP contribution in [0.2, 0.25) is 20.1 Å². The molecule has 158 valence electrons. The fourth-order valence-corrected chi connectivity index (χ4v) is 3.95. The van der Waals surface area contributed by atoms with Gasteiger partial charge in [0, 0.05) is 20.1 Å². The zero-order valence-corrected chi connectivity index (χ0v) is 18.5. The molecule has 1 aliphatic heterocycles. The second-order valence-corrected chi connectivity index (χ2v) is 8.61. The van der Waals surface area contributed by atoms with Crippen LogP contribution in [0.1, 0.15) is 18.1 Å². The molecule has 0 saturated carbocycles. The molecule has 1 heterocycles. The van der Waals surface area contributed by atoms with Gasteiger partial charge >= 0.3 is 0 Å². The standard InChI is InChI=1S/C20H20Cl4O5/c1-20(26)19(25)18(28-9-12-3-5-14(22)7-16(12)24)17(29-20)10-27-8-11-2-4-13(21)6-15(11)23/h2-7,17-19,25-26H,8-10H2,1H3. The highest BCUT2D eigenvalue weighted by atomic mass is 35.5. The number of hydrogen-bond acceptors (Lipinski definition) is 5. The minimum atomic E-state index is -1.76. The molecule has 4 atom stereocenters. The van der Waals surface area contributed by atoms with Crippen molar-refractivity contribution >= 4 is 46.4 Å². The number of aliphatic hydroxyl groups excluding tert-OH is 1. The van der Waals surface area contributed by atoms with E-state index in [1.54, 1.807) is 36.4 Å². The highest BCUT2D eigenvalue weighted by Crippen LogP contribution is 2.33. The van der Waals surface area contributed by atoms with Gasteiger partial charge in [-0.15, -0.1) is 0 Å². The van der Waals surface area contributed by atoms with E-state index in [4.69, 9.17) is 60.6 Å². The first-order valence-corrected chi connectivity index (χ1v) is 10.3. The maximum atomic E-state index is 10.4. The molecule has 1 fully saturated rings. The van der Waals surface area contributed by atoms with Crippen LogP contribution in [0.5, 0.6) is 0 Å². The summed E-state index contributed by atoms with van der Waals surface area (Å²) < 4.78 is 17.1. The molecule has 2 aromatic rings. The van der Waals surface area contributed by atoms with Gasteiger partial charge in [-0.25, -0.2) is 0 Å². The zero-order chi connectivity index (χ0) is 21.2. The summed E-state index contributed by atoms with van der Waals surface area (Å²) in [7, 11) is 0. The molecule has 1 aliphatic rings. The normalized spacial score (nSPS) is 26.8. The van der Waals surface area contributed by atoms with Crippen LogP contribution in [0.4, 0.5) is 0 Å². The van der Waals surface area contributed by atoms with Crippen LogP contribution >= 0.6 is 46.4 Å². The fraction of sp³-hybridized carbons (Fsp3) is 0.400. The van der Waals surface area contributed by atoms with Crippen LogP contribution in [0.15, 0.2) is 36.4 Å². The molecule has 0 aromatic heterocycles. The topological polar surface area (TPSA) is 68.2 Å². The lowest BCUT2D eigenvalue weighted by Crippen LogP contribution is -2.41. The molecule has 2 aromatic carbocycles. The Hall–Kier alpha value is -0.600. The monoisotopic (exact) mass is 480 g/mol. The van der Waals surface area contributed by atoms with Gasteiger partial charge in [0.2, 0.25) is 0 Å². The molecule has 5 nitrogen and oxygen atoms in total. The smallest absolute Gasteiger partial charge is 0.192 e. The number of halogens is 4. The molecular weight excluding hydrogens is 462 g/mol. The Kier molecular flexibility index (Phi) is 7.71. The second kappa shape index (κ2) is 9.69. The third-order valence-corrected chi connectivity index (χ3v) is 5.79. The van der Waals surface area contributed by atoms with Crippen LogP contribution in [-0.2, 0) is 27.4 Å². The molecule has 0 radical (unpaired) electrons. The second-order valence-electron chi connectivity index (χ2n) is 6.92. The van der Waals surface area contributed by atoms with Crippen molar-refractivity contribution in [1.82, 2.24) is 0 Å². The van der Waals surface area contributed by atoms with E-state index in [9.17, 15) is 10.2 Å². The van der Waals surface area contributed by atoms with Gasteiger partial charge in [0.25, 0.3) is 0 Å². The zero-order valence-electron chi connectivity index (χ0n) is 15.4. The van der Waals surface area contributed by atoms with E-state index in [-0.39, 0.29) is 19.8 Å². The van der Waals surface area contributed by atoms with Crippen molar-refractivity contribution in [2.24, 2.45) is 0 Å². The van der Waals surface area contributed by atoms with Crippen LogP contribution in [0.25, 0.3) is 0 Å². The summed E-state index contributed by atoms with van der Waals surface area (Å²) in [6.45, 7) is 1.77. The van der Waals surface area contributed by atoms with Gasteiger partial charge in [-0.2, -0.15) is 0 Å². The van der Waals surface area contributed by atoms with E-state index in [2.05, 4.69) is 0 Å². The van der Waals surface area contributed by atoms with Crippen molar-refractivity contribution in [2.45, 2.75) is 44.2 Å². The van der Waals surface area contributed by atoms with E-state index < -0.39 is 24.1 Å². The summed E-state index contributed by atoms with van der Waals surface area (Å²) in [4.78, 5) is 0. The highest BCUT2D eigenvalue weighted by Gasteiger charge is 2.51. The largest absolute Gasteiger partial charge is 0.385 e. The predicted molar refractivity (Wildman–Crippen MR) is 113 cm³/mol. The average molecular weight is 482 g/mol. The molecule has 0 amide bonds. The molecule has 3 rings (SSSR count). The van der Waals surface area contributed by atoms with Gasteiger partial charge in [0.15, 0.2) is 5.79 Å². The summed E-state index contributed by atoms with van der Waals surface area (Å²) in [5.41, 5.74) is 1.45. The van der Waals surface area contributed by atoms with Gasteiger partial charge in [0.05, 0.1) is 19.8 Å². The number of ether oxygens (including phenoxy) is 3. The quantitative estimate of drug-likeness (QED) is 0.590. The molecule has 0 aliphatic carbocycles. The summed E-state index contributed by atoms with van der Waals surface area (Å²) >= 11 is 24.1. The first kappa shape index (κ1) is 23.1. The van der Waals surface area contributed by atoms with Crippen molar-refractivity contribution in [2.75, 3.05) is 6.61 Å². The van der Waals surface area contributed by atoms with Crippen molar-refractivity contribution in [3.63, 3.8) is 0 Å². The minimum Gasteiger partial charge on any atom is -0.385 e. The van der Waals surface area contributed by atoms with Crippen molar-refractivity contribution in [3.05, 3.63) is 67.6 Å². The van der Waals surface area contributed by atoms with Gasteiger partial charge < -0.3 is 24.4 Å². The summed E-state index contributed by atoms with van der Waals surface area (Å²) in [5.74, 6) is -1.76. The van der Waals surface area contributed by atoms with E-state index in [1.807, 2.05) is 0 Å². The molecule has 1 saturated heterocycles. The number of hydrogen-bond donors (Lipinski definition) is 2. The molecule has 29 heavy (non-hydrogen) atoms. The first-order chi connectivity index (χ1) is 13.7. The maximum Gasteiger partial charge on any atom is 0.192 e. The molecule has 4 unspecified atom stereocenters. The molecular formula is C20H20Cl4O5. The van der Waals surface area contributed by atoms with Crippen molar-refractivity contribution in [3.8, 4) is 0 Å². The Morgan fingerprint density at radius 3 is 2.07 bits per heavy atom. The number of rotatable bonds is 7. The van der Waals surface area contributed by atoms with Crippen molar-refractivity contribution < 1.29 is 24.4 Å². The van der Waals surface area contributed by atoms with Crippen molar-refractivity contribution in [1.29, 1.82) is 0 Å². The molecule has 2 N–H and O–H groups in total. The SMILES string of the molecule is CC1(O)OC(COCc2ccc(Cl)cc2Cl)C(OCc2ccc(Cl)cc2Cl)C1O.